The summed E-state index contributed by atoms with van der Waals surface area (Å²) in [4.78, 5) is 10.4. The minimum absolute atomic E-state index is 0.248. The summed E-state index contributed by atoms with van der Waals surface area (Å²) in [5.74, 6) is 2.48. The van der Waals surface area contributed by atoms with E-state index in [2.05, 4.69) is 14.9 Å². The molecule has 2 aromatic rings. The van der Waals surface area contributed by atoms with E-state index in [4.69, 9.17) is 25.8 Å². The van der Waals surface area contributed by atoms with Crippen molar-refractivity contribution in [3.05, 3.63) is 23.6 Å². The van der Waals surface area contributed by atoms with Gasteiger partial charge in [0, 0.05) is 17.8 Å². The van der Waals surface area contributed by atoms with Crippen LogP contribution in [-0.2, 0) is 0 Å². The van der Waals surface area contributed by atoms with Gasteiger partial charge in [0.25, 0.3) is 0 Å². The molecule has 0 amide bonds. The molecule has 0 saturated carbocycles. The monoisotopic (exact) mass is 339 g/mol. The molecule has 1 aromatic carbocycles. The average molecular weight is 340 g/mol. The molecule has 2 heterocycles. The van der Waals surface area contributed by atoms with Crippen LogP contribution >= 0.6 is 23.4 Å². The molecule has 1 aliphatic heterocycles. The summed E-state index contributed by atoms with van der Waals surface area (Å²) in [7, 11) is 4.77. The number of halogens is 1. The van der Waals surface area contributed by atoms with Crippen molar-refractivity contribution < 1.29 is 14.2 Å². The third-order valence-electron chi connectivity index (χ3n) is 3.29. The molecule has 116 valence electrons. The minimum Gasteiger partial charge on any atom is -0.493 e. The Morgan fingerprint density at radius 3 is 2.41 bits per heavy atom. The van der Waals surface area contributed by atoms with Crippen molar-refractivity contribution in [1.82, 2.24) is 9.97 Å². The molecule has 0 spiro atoms. The Kier molecular flexibility index (Phi) is 4.17. The topological polar surface area (TPSA) is 56.7 Å². The van der Waals surface area contributed by atoms with Crippen molar-refractivity contribution in [1.29, 1.82) is 0 Å². The molecule has 0 saturated heterocycles. The van der Waals surface area contributed by atoms with Gasteiger partial charge in [-0.15, -0.1) is 0 Å². The molecule has 0 N–H and O–H groups in total. The number of rotatable bonds is 4. The lowest BCUT2D eigenvalue weighted by atomic mass is 10.2. The highest BCUT2D eigenvalue weighted by Gasteiger charge is 2.25. The van der Waals surface area contributed by atoms with E-state index in [1.807, 2.05) is 12.1 Å². The van der Waals surface area contributed by atoms with Gasteiger partial charge in [0.15, 0.2) is 11.5 Å². The number of hydrogen-bond donors (Lipinski definition) is 0. The fraction of sp³-hybridized carbons (Fsp3) is 0.286. The lowest BCUT2D eigenvalue weighted by Crippen LogP contribution is -2.12. The first kappa shape index (κ1) is 15.1. The van der Waals surface area contributed by atoms with Crippen molar-refractivity contribution in [2.24, 2.45) is 0 Å². The number of hydrogen-bond acceptors (Lipinski definition) is 7. The molecular weight excluding hydrogens is 326 g/mol. The fourth-order valence-electron chi connectivity index (χ4n) is 2.26. The number of ether oxygens (including phenoxy) is 3. The predicted octanol–water partition coefficient (Wildman–Crippen LogP) is 3.36. The van der Waals surface area contributed by atoms with Crippen molar-refractivity contribution in [2.45, 2.75) is 5.03 Å². The number of aromatic nitrogens is 2. The standard InChI is InChI=1S/C14H14ClN3O3S/c1-19-10-4-8(5-11(20-2)12(10)21-3)18-7-22-13-9(18)6-16-14(15)17-13/h4-6H,7H2,1-3H3. The molecule has 0 unspecified atom stereocenters. The van der Waals surface area contributed by atoms with E-state index in [-0.39, 0.29) is 5.28 Å². The van der Waals surface area contributed by atoms with Crippen LogP contribution in [0.3, 0.4) is 0 Å². The van der Waals surface area contributed by atoms with E-state index in [0.717, 1.165) is 16.4 Å². The van der Waals surface area contributed by atoms with Crippen LogP contribution in [0, 0.1) is 0 Å². The number of benzene rings is 1. The van der Waals surface area contributed by atoms with Crippen molar-refractivity contribution in [2.75, 3.05) is 32.1 Å². The lowest BCUT2D eigenvalue weighted by Gasteiger charge is -2.21. The SMILES string of the molecule is COc1cc(N2CSc3nc(Cl)ncc32)cc(OC)c1OC. The van der Waals surface area contributed by atoms with Gasteiger partial charge in [-0.3, -0.25) is 0 Å². The van der Waals surface area contributed by atoms with Gasteiger partial charge in [0.1, 0.15) is 5.03 Å². The van der Waals surface area contributed by atoms with Gasteiger partial charge in [-0.05, 0) is 11.6 Å². The summed E-state index contributed by atoms with van der Waals surface area (Å²) in [5, 5.41) is 1.10. The zero-order valence-corrected chi connectivity index (χ0v) is 13.9. The van der Waals surface area contributed by atoms with E-state index < -0.39 is 0 Å². The number of thioether (sulfide) groups is 1. The summed E-state index contributed by atoms with van der Waals surface area (Å²) in [5.41, 5.74) is 1.82. The van der Waals surface area contributed by atoms with Gasteiger partial charge in [0.05, 0.1) is 39.1 Å². The van der Waals surface area contributed by atoms with Gasteiger partial charge in [0.2, 0.25) is 11.0 Å². The summed E-state index contributed by atoms with van der Waals surface area (Å²) in [6.45, 7) is 0. The minimum atomic E-state index is 0.248. The second-order valence-corrected chi connectivity index (χ2v) is 5.69. The summed E-state index contributed by atoms with van der Waals surface area (Å²) in [6.07, 6.45) is 1.72. The summed E-state index contributed by atoms with van der Waals surface area (Å²) < 4.78 is 16.1. The van der Waals surface area contributed by atoms with E-state index in [1.165, 1.54) is 0 Å². The van der Waals surface area contributed by atoms with Crippen LogP contribution in [-0.4, -0.2) is 37.2 Å². The maximum absolute atomic E-state index is 5.84. The van der Waals surface area contributed by atoms with E-state index in [1.54, 1.807) is 39.3 Å². The Morgan fingerprint density at radius 1 is 1.14 bits per heavy atom. The van der Waals surface area contributed by atoms with Gasteiger partial charge in [-0.2, -0.15) is 0 Å². The highest BCUT2D eigenvalue weighted by Crippen LogP contribution is 2.46. The number of nitrogens with zero attached hydrogens (tertiary/aromatic N) is 3. The third kappa shape index (κ3) is 2.50. The Balaban J connectivity index is 2.07. The van der Waals surface area contributed by atoms with Crippen LogP contribution in [0.5, 0.6) is 17.2 Å². The zero-order valence-electron chi connectivity index (χ0n) is 12.3. The smallest absolute Gasteiger partial charge is 0.223 e. The number of fused-ring (bicyclic) bond motifs is 1. The van der Waals surface area contributed by atoms with Crippen LogP contribution in [0.1, 0.15) is 0 Å². The first-order chi connectivity index (χ1) is 10.7. The molecule has 22 heavy (non-hydrogen) atoms. The fourth-order valence-corrected chi connectivity index (χ4v) is 3.45. The van der Waals surface area contributed by atoms with Gasteiger partial charge < -0.3 is 19.1 Å². The Labute approximate surface area is 137 Å². The molecule has 0 atom stereocenters. The second-order valence-electron chi connectivity index (χ2n) is 4.41. The van der Waals surface area contributed by atoms with Gasteiger partial charge in [-0.1, -0.05) is 11.8 Å². The molecule has 3 rings (SSSR count). The van der Waals surface area contributed by atoms with Crippen LogP contribution in [0.4, 0.5) is 11.4 Å². The van der Waals surface area contributed by atoms with E-state index in [9.17, 15) is 0 Å². The highest BCUT2D eigenvalue weighted by molar-refractivity contribution is 7.99. The van der Waals surface area contributed by atoms with Crippen LogP contribution in [0.25, 0.3) is 0 Å². The van der Waals surface area contributed by atoms with E-state index >= 15 is 0 Å². The molecule has 0 aliphatic carbocycles. The second kappa shape index (κ2) is 6.10. The maximum Gasteiger partial charge on any atom is 0.223 e. The van der Waals surface area contributed by atoms with Gasteiger partial charge >= 0.3 is 0 Å². The molecule has 0 fully saturated rings. The predicted molar refractivity (Wildman–Crippen MR) is 86.0 cm³/mol. The molecule has 8 heteroatoms. The largest absolute Gasteiger partial charge is 0.493 e. The lowest BCUT2D eigenvalue weighted by molar-refractivity contribution is 0.324. The molecule has 0 radical (unpaired) electrons. The van der Waals surface area contributed by atoms with Crippen LogP contribution < -0.4 is 19.1 Å². The van der Waals surface area contributed by atoms with Crippen molar-refractivity contribution in [3.8, 4) is 17.2 Å². The Hall–Kier alpha value is -1.86. The summed E-state index contributed by atoms with van der Waals surface area (Å²) >= 11 is 7.44. The maximum atomic E-state index is 5.84. The molecule has 0 bridgehead atoms. The van der Waals surface area contributed by atoms with Crippen molar-refractivity contribution in [3.63, 3.8) is 0 Å². The Morgan fingerprint density at radius 2 is 1.82 bits per heavy atom. The first-order valence-corrected chi connectivity index (χ1v) is 7.77. The number of methoxy groups -OCH3 is 3. The molecule has 6 nitrogen and oxygen atoms in total. The average Bonchev–Trinajstić information content (AvgIpc) is 2.96. The summed E-state index contributed by atoms with van der Waals surface area (Å²) in [6, 6.07) is 3.79. The Bertz CT molecular complexity index is 689. The first-order valence-electron chi connectivity index (χ1n) is 6.40. The zero-order chi connectivity index (χ0) is 15.7. The van der Waals surface area contributed by atoms with Crippen LogP contribution in [0.15, 0.2) is 23.4 Å². The molecule has 1 aliphatic rings. The normalized spacial score (nSPS) is 13.0. The number of anilines is 2. The third-order valence-corrected chi connectivity index (χ3v) is 4.43. The van der Waals surface area contributed by atoms with E-state index in [0.29, 0.717) is 23.1 Å². The van der Waals surface area contributed by atoms with Crippen molar-refractivity contribution >= 4 is 34.7 Å². The van der Waals surface area contributed by atoms with Gasteiger partial charge in [-0.25, -0.2) is 9.97 Å². The highest BCUT2D eigenvalue weighted by atomic mass is 35.5. The quantitative estimate of drug-likeness (QED) is 0.625. The van der Waals surface area contributed by atoms with Crippen LogP contribution in [0.2, 0.25) is 5.28 Å². The molecular formula is C14H14ClN3O3S. The molecule has 1 aromatic heterocycles.